The third kappa shape index (κ3) is 5.42. The van der Waals surface area contributed by atoms with E-state index in [2.05, 4.69) is 6.58 Å². The molecule has 0 heterocycles. The van der Waals surface area contributed by atoms with Gasteiger partial charge in [0.25, 0.3) is 0 Å². The molecule has 0 rings (SSSR count). The first-order valence-electron chi connectivity index (χ1n) is 1.56. The summed E-state index contributed by atoms with van der Waals surface area (Å²) in [5, 5.41) is 0. The number of hydrogen-bond acceptors (Lipinski definition) is 3. The summed E-state index contributed by atoms with van der Waals surface area (Å²) in [6.07, 6.45) is 0. The van der Waals surface area contributed by atoms with Crippen LogP contribution in [0.15, 0.2) is 11.5 Å². The average Bonchev–Trinajstić information content (AvgIpc) is 1.31. The van der Waals surface area contributed by atoms with Crippen molar-refractivity contribution < 1.29 is 64.4 Å². The van der Waals surface area contributed by atoms with Crippen LogP contribution in [0.25, 0.3) is 0 Å². The van der Waals surface area contributed by atoms with Crippen LogP contribution in [0.1, 0.15) is 6.92 Å². The van der Waals surface area contributed by atoms with Crippen LogP contribution in [0.3, 0.4) is 0 Å². The zero-order chi connectivity index (χ0) is 6.08. The molecule has 0 aliphatic carbocycles. The third-order valence-corrected chi connectivity index (χ3v) is 1.28. The van der Waals surface area contributed by atoms with Gasteiger partial charge in [-0.3, -0.25) is 0 Å². The van der Waals surface area contributed by atoms with Gasteiger partial charge in [0.15, 0.2) is 0 Å². The molecule has 0 atom stereocenters. The van der Waals surface area contributed by atoms with Crippen LogP contribution in [0.4, 0.5) is 0 Å². The second-order valence-electron chi connectivity index (χ2n) is 1.16. The van der Waals surface area contributed by atoms with E-state index in [1.54, 1.807) is 0 Å². The number of rotatable bonds is 1. The Kier molecular flexibility index (Phi) is 6.24. The van der Waals surface area contributed by atoms with E-state index in [1.165, 1.54) is 0 Å². The monoisotopic (exact) mass is 160 g/mol. The van der Waals surface area contributed by atoms with Gasteiger partial charge in [-0.25, -0.2) is 8.42 Å². The van der Waals surface area contributed by atoms with Gasteiger partial charge < -0.3 is 4.55 Å². The fourth-order valence-corrected chi connectivity index (χ4v) is 0. The second-order valence-corrected chi connectivity index (χ2v) is 2.76. The van der Waals surface area contributed by atoms with E-state index in [-0.39, 0.29) is 56.3 Å². The average molecular weight is 160 g/mol. The molecule has 0 fully saturated rings. The summed E-state index contributed by atoms with van der Waals surface area (Å²) in [5.41, 5.74) is 0. The van der Waals surface area contributed by atoms with E-state index in [1.807, 2.05) is 0 Å². The predicted octanol–water partition coefficient (Wildman–Crippen LogP) is -2.93. The number of allylic oxidation sites excluding steroid dienone is 1. The molecular formula is C3H5KO3S. The van der Waals surface area contributed by atoms with Crippen molar-refractivity contribution in [2.45, 2.75) is 6.92 Å². The predicted molar refractivity (Wildman–Crippen MR) is 24.5 cm³/mol. The quantitative estimate of drug-likeness (QED) is 0.305. The van der Waals surface area contributed by atoms with Gasteiger partial charge in [0, 0.05) is 4.91 Å². The molecule has 0 saturated carbocycles. The molecule has 0 bridgehead atoms. The van der Waals surface area contributed by atoms with E-state index >= 15 is 0 Å². The normalized spacial score (nSPS) is 9.75. The zero-order valence-electron chi connectivity index (χ0n) is 4.84. The van der Waals surface area contributed by atoms with E-state index < -0.39 is 10.1 Å². The minimum absolute atomic E-state index is 0. The van der Waals surface area contributed by atoms with E-state index in [0.717, 1.165) is 6.92 Å². The van der Waals surface area contributed by atoms with Crippen LogP contribution in [-0.4, -0.2) is 13.0 Å². The number of hydrogen-bond donors (Lipinski definition) is 0. The molecule has 0 aliphatic heterocycles. The van der Waals surface area contributed by atoms with Crippen LogP contribution in [0.2, 0.25) is 0 Å². The van der Waals surface area contributed by atoms with Crippen molar-refractivity contribution >= 4 is 10.1 Å². The molecule has 8 heavy (non-hydrogen) atoms. The Balaban J connectivity index is 0. The van der Waals surface area contributed by atoms with Crippen molar-refractivity contribution in [3.8, 4) is 0 Å². The molecule has 0 aromatic carbocycles. The molecule has 0 amide bonds. The maximum Gasteiger partial charge on any atom is 1.00 e. The molecule has 3 nitrogen and oxygen atoms in total. The van der Waals surface area contributed by atoms with Crippen LogP contribution in [0.5, 0.6) is 0 Å². The molecule has 0 spiro atoms. The van der Waals surface area contributed by atoms with Crippen molar-refractivity contribution in [3.63, 3.8) is 0 Å². The molecule has 0 aliphatic rings. The molecule has 42 valence electrons. The summed E-state index contributed by atoms with van der Waals surface area (Å²) in [7, 11) is -4.19. The summed E-state index contributed by atoms with van der Waals surface area (Å²) in [4.78, 5) is -0.340. The maximum atomic E-state index is 9.68. The van der Waals surface area contributed by atoms with Crippen LogP contribution in [-0.2, 0) is 10.1 Å². The standard InChI is InChI=1S/C3H6O3S.K/c1-3(2)7(4,5)6;/h1H2,2H3,(H,4,5,6);/q;+1/p-1. The first-order valence-corrected chi connectivity index (χ1v) is 2.97. The van der Waals surface area contributed by atoms with Crippen LogP contribution in [0, 0.1) is 0 Å². The molecule has 0 radical (unpaired) electrons. The Morgan fingerprint density at radius 1 is 1.62 bits per heavy atom. The summed E-state index contributed by atoms with van der Waals surface area (Å²) in [6.45, 7) is 4.08. The van der Waals surface area contributed by atoms with Gasteiger partial charge in [-0.15, -0.1) is 0 Å². The summed E-state index contributed by atoms with van der Waals surface area (Å²) in [5.74, 6) is 0. The van der Waals surface area contributed by atoms with Crippen molar-refractivity contribution in [3.05, 3.63) is 11.5 Å². The van der Waals surface area contributed by atoms with E-state index in [0.29, 0.717) is 0 Å². The fraction of sp³-hybridized carbons (Fsp3) is 0.333. The van der Waals surface area contributed by atoms with Gasteiger partial charge in [-0.2, -0.15) is 0 Å². The van der Waals surface area contributed by atoms with E-state index in [9.17, 15) is 13.0 Å². The molecule has 0 unspecified atom stereocenters. The van der Waals surface area contributed by atoms with Gasteiger partial charge in [0.05, 0.1) is 0 Å². The summed E-state index contributed by atoms with van der Waals surface area (Å²) < 4.78 is 29.0. The molecule has 0 aromatic heterocycles. The molecule has 0 N–H and O–H groups in total. The first kappa shape index (κ1) is 12.0. The molecule has 5 heteroatoms. The first-order chi connectivity index (χ1) is 2.94. The van der Waals surface area contributed by atoms with Gasteiger partial charge in [0.1, 0.15) is 10.1 Å². The fourth-order valence-electron chi connectivity index (χ4n) is 0. The maximum absolute atomic E-state index is 9.68. The molecule has 0 aromatic rings. The van der Waals surface area contributed by atoms with Gasteiger partial charge in [0.2, 0.25) is 0 Å². The SMILES string of the molecule is C=C(C)S(=O)(=O)[O-].[K+]. The van der Waals surface area contributed by atoms with E-state index in [4.69, 9.17) is 0 Å². The topological polar surface area (TPSA) is 57.2 Å². The summed E-state index contributed by atoms with van der Waals surface area (Å²) >= 11 is 0. The second kappa shape index (κ2) is 4.16. The largest absolute Gasteiger partial charge is 1.00 e. The Morgan fingerprint density at radius 2 is 1.75 bits per heavy atom. The van der Waals surface area contributed by atoms with Crippen LogP contribution >= 0.6 is 0 Å². The smallest absolute Gasteiger partial charge is 0.744 e. The Labute approximate surface area is 91.3 Å². The third-order valence-electron chi connectivity index (χ3n) is 0.427. The van der Waals surface area contributed by atoms with Gasteiger partial charge in [-0.1, -0.05) is 6.58 Å². The molecular weight excluding hydrogens is 155 g/mol. The Hall–Kier alpha value is 1.29. The van der Waals surface area contributed by atoms with Gasteiger partial charge >= 0.3 is 51.4 Å². The minimum Gasteiger partial charge on any atom is -0.744 e. The molecule has 0 saturated heterocycles. The summed E-state index contributed by atoms with van der Waals surface area (Å²) in [6, 6.07) is 0. The van der Waals surface area contributed by atoms with Crippen molar-refractivity contribution in [2.24, 2.45) is 0 Å². The Bertz CT molecular complexity index is 169. The van der Waals surface area contributed by atoms with Crippen molar-refractivity contribution in [1.82, 2.24) is 0 Å². The Morgan fingerprint density at radius 3 is 1.75 bits per heavy atom. The van der Waals surface area contributed by atoms with Crippen molar-refractivity contribution in [1.29, 1.82) is 0 Å². The van der Waals surface area contributed by atoms with Crippen molar-refractivity contribution in [2.75, 3.05) is 0 Å². The zero-order valence-corrected chi connectivity index (χ0v) is 8.78. The van der Waals surface area contributed by atoms with Crippen LogP contribution < -0.4 is 51.4 Å². The van der Waals surface area contributed by atoms with Gasteiger partial charge in [-0.05, 0) is 6.92 Å². The minimum atomic E-state index is -4.19.